The number of rotatable bonds is 9. The number of aryl methyl sites for hydroxylation is 1. The number of hydrogen-bond donors (Lipinski definition) is 2. The molecule has 2 N–H and O–H groups in total. The number of para-hydroxylation sites is 2. The lowest BCUT2D eigenvalue weighted by Crippen LogP contribution is -2.25. The molecule has 0 saturated heterocycles. The molecular weight excluding hydrogens is 360 g/mol. The first kappa shape index (κ1) is 20.8. The molecule has 27 heavy (non-hydrogen) atoms. The fourth-order valence-electron chi connectivity index (χ4n) is 2.38. The van der Waals surface area contributed by atoms with Gasteiger partial charge in [-0.05, 0) is 50.1 Å². The standard InChI is InChI=1S/C21H26N2O3S/c1-4-16-10-12-17(13-11-16)22-21(25)15(3)27-14-20(24)23-18-8-6-7-9-19(18)26-5-2/h6-13,15H,4-5,14H2,1-3H3,(H,22,25)(H,23,24)/t15-/m1/s1. The Balaban J connectivity index is 1.82. The Bertz CT molecular complexity index is 762. The Morgan fingerprint density at radius 3 is 2.41 bits per heavy atom. The Morgan fingerprint density at radius 2 is 1.74 bits per heavy atom. The minimum Gasteiger partial charge on any atom is -0.492 e. The van der Waals surface area contributed by atoms with Crippen molar-refractivity contribution in [3.63, 3.8) is 0 Å². The molecule has 2 amide bonds. The second-order valence-corrected chi connectivity index (χ2v) is 7.30. The van der Waals surface area contributed by atoms with Gasteiger partial charge < -0.3 is 15.4 Å². The van der Waals surface area contributed by atoms with Crippen LogP contribution in [0.1, 0.15) is 26.3 Å². The highest BCUT2D eigenvalue weighted by molar-refractivity contribution is 8.01. The van der Waals surface area contributed by atoms with Crippen LogP contribution in [0.4, 0.5) is 11.4 Å². The van der Waals surface area contributed by atoms with Gasteiger partial charge in [0.1, 0.15) is 5.75 Å². The first-order valence-electron chi connectivity index (χ1n) is 9.06. The van der Waals surface area contributed by atoms with Gasteiger partial charge in [0.25, 0.3) is 0 Å². The first-order valence-corrected chi connectivity index (χ1v) is 10.1. The molecule has 2 rings (SSSR count). The second-order valence-electron chi connectivity index (χ2n) is 5.97. The largest absolute Gasteiger partial charge is 0.492 e. The van der Waals surface area contributed by atoms with Gasteiger partial charge >= 0.3 is 0 Å². The normalized spacial score (nSPS) is 11.5. The van der Waals surface area contributed by atoms with Crippen molar-refractivity contribution >= 4 is 35.0 Å². The third-order valence-electron chi connectivity index (χ3n) is 3.92. The molecule has 2 aromatic carbocycles. The maximum atomic E-state index is 12.3. The summed E-state index contributed by atoms with van der Waals surface area (Å²) in [6.45, 7) is 6.30. The molecule has 0 aliphatic heterocycles. The summed E-state index contributed by atoms with van der Waals surface area (Å²) in [4.78, 5) is 24.5. The van der Waals surface area contributed by atoms with Crippen molar-refractivity contribution in [2.75, 3.05) is 23.0 Å². The van der Waals surface area contributed by atoms with Crippen LogP contribution in [0.3, 0.4) is 0 Å². The summed E-state index contributed by atoms with van der Waals surface area (Å²) in [5.41, 5.74) is 2.62. The van der Waals surface area contributed by atoms with Gasteiger partial charge in [0.15, 0.2) is 0 Å². The van der Waals surface area contributed by atoms with Crippen LogP contribution < -0.4 is 15.4 Å². The maximum absolute atomic E-state index is 12.3. The van der Waals surface area contributed by atoms with Crippen LogP contribution in [0.2, 0.25) is 0 Å². The fourth-order valence-corrected chi connectivity index (χ4v) is 3.07. The van der Waals surface area contributed by atoms with E-state index in [0.717, 1.165) is 12.1 Å². The van der Waals surface area contributed by atoms with E-state index in [-0.39, 0.29) is 22.8 Å². The summed E-state index contributed by atoms with van der Waals surface area (Å²) in [5.74, 6) is 0.537. The van der Waals surface area contributed by atoms with E-state index in [1.165, 1.54) is 17.3 Å². The van der Waals surface area contributed by atoms with E-state index in [0.29, 0.717) is 18.0 Å². The molecule has 0 aliphatic carbocycles. The van der Waals surface area contributed by atoms with E-state index in [4.69, 9.17) is 4.74 Å². The topological polar surface area (TPSA) is 67.4 Å². The zero-order valence-electron chi connectivity index (χ0n) is 16.0. The summed E-state index contributed by atoms with van der Waals surface area (Å²) in [6, 6.07) is 15.1. The molecule has 0 bridgehead atoms. The quantitative estimate of drug-likeness (QED) is 0.672. The smallest absolute Gasteiger partial charge is 0.237 e. The third-order valence-corrected chi connectivity index (χ3v) is 5.07. The number of nitrogens with one attached hydrogen (secondary N) is 2. The number of thioether (sulfide) groups is 1. The van der Waals surface area contributed by atoms with Crippen molar-refractivity contribution in [1.29, 1.82) is 0 Å². The summed E-state index contributed by atoms with van der Waals surface area (Å²) in [7, 11) is 0. The Morgan fingerprint density at radius 1 is 1.04 bits per heavy atom. The van der Waals surface area contributed by atoms with Crippen molar-refractivity contribution in [1.82, 2.24) is 0 Å². The van der Waals surface area contributed by atoms with Crippen LogP contribution in [-0.4, -0.2) is 29.4 Å². The fraction of sp³-hybridized carbons (Fsp3) is 0.333. The van der Waals surface area contributed by atoms with Gasteiger partial charge in [-0.2, -0.15) is 0 Å². The van der Waals surface area contributed by atoms with E-state index in [2.05, 4.69) is 17.6 Å². The molecule has 0 heterocycles. The van der Waals surface area contributed by atoms with E-state index in [9.17, 15) is 9.59 Å². The maximum Gasteiger partial charge on any atom is 0.237 e. The molecule has 0 aromatic heterocycles. The van der Waals surface area contributed by atoms with Crippen molar-refractivity contribution < 1.29 is 14.3 Å². The Hall–Kier alpha value is -2.47. The van der Waals surface area contributed by atoms with Crippen LogP contribution >= 0.6 is 11.8 Å². The van der Waals surface area contributed by atoms with E-state index in [1.807, 2.05) is 49.4 Å². The minimum absolute atomic E-state index is 0.119. The Kier molecular flexibility index (Phi) is 8.20. The molecule has 0 radical (unpaired) electrons. The van der Waals surface area contributed by atoms with Crippen LogP contribution in [-0.2, 0) is 16.0 Å². The minimum atomic E-state index is -0.344. The molecule has 0 aliphatic rings. The zero-order valence-corrected chi connectivity index (χ0v) is 16.8. The number of carbonyl (C=O) groups is 2. The zero-order chi connectivity index (χ0) is 19.6. The van der Waals surface area contributed by atoms with E-state index >= 15 is 0 Å². The summed E-state index contributed by atoms with van der Waals surface area (Å²) < 4.78 is 5.50. The van der Waals surface area contributed by atoms with E-state index in [1.54, 1.807) is 13.0 Å². The number of hydrogen-bond acceptors (Lipinski definition) is 4. The molecule has 144 valence electrons. The lowest BCUT2D eigenvalue weighted by atomic mass is 10.1. The summed E-state index contributed by atoms with van der Waals surface area (Å²) in [5, 5.41) is 5.37. The van der Waals surface area contributed by atoms with Crippen LogP contribution in [0, 0.1) is 0 Å². The first-order chi connectivity index (χ1) is 13.0. The highest BCUT2D eigenvalue weighted by Gasteiger charge is 2.16. The van der Waals surface area contributed by atoms with Crippen LogP contribution in [0.25, 0.3) is 0 Å². The molecule has 0 spiro atoms. The number of amides is 2. The van der Waals surface area contributed by atoms with Gasteiger partial charge in [-0.3, -0.25) is 9.59 Å². The van der Waals surface area contributed by atoms with Crippen molar-refractivity contribution in [2.24, 2.45) is 0 Å². The molecule has 2 aromatic rings. The predicted molar refractivity (Wildman–Crippen MR) is 113 cm³/mol. The summed E-state index contributed by atoms with van der Waals surface area (Å²) >= 11 is 1.29. The van der Waals surface area contributed by atoms with Gasteiger partial charge in [0.2, 0.25) is 11.8 Å². The highest BCUT2D eigenvalue weighted by Crippen LogP contribution is 2.24. The SMILES string of the molecule is CCOc1ccccc1NC(=O)CS[C@H](C)C(=O)Nc1ccc(CC)cc1. The van der Waals surface area contributed by atoms with Crippen LogP contribution in [0.15, 0.2) is 48.5 Å². The Labute approximate surface area is 164 Å². The molecular formula is C21H26N2O3S. The van der Waals surface area contributed by atoms with Crippen LogP contribution in [0.5, 0.6) is 5.75 Å². The third kappa shape index (κ3) is 6.64. The molecule has 0 saturated carbocycles. The predicted octanol–water partition coefficient (Wildman–Crippen LogP) is 4.35. The molecule has 5 nitrogen and oxygen atoms in total. The molecule has 1 atom stereocenters. The molecule has 6 heteroatoms. The van der Waals surface area contributed by atoms with Gasteiger partial charge in [0, 0.05) is 5.69 Å². The van der Waals surface area contributed by atoms with Gasteiger partial charge in [-0.25, -0.2) is 0 Å². The van der Waals surface area contributed by atoms with Crippen molar-refractivity contribution in [3.8, 4) is 5.75 Å². The average molecular weight is 387 g/mol. The number of anilines is 2. The summed E-state index contributed by atoms with van der Waals surface area (Å²) in [6.07, 6.45) is 0.960. The van der Waals surface area contributed by atoms with Gasteiger partial charge in [-0.15, -0.1) is 11.8 Å². The van der Waals surface area contributed by atoms with Gasteiger partial charge in [0.05, 0.1) is 23.3 Å². The monoisotopic (exact) mass is 386 g/mol. The molecule has 0 unspecified atom stereocenters. The average Bonchev–Trinajstić information content (AvgIpc) is 2.68. The number of carbonyl (C=O) groups excluding carboxylic acids is 2. The van der Waals surface area contributed by atoms with Crippen molar-refractivity contribution in [3.05, 3.63) is 54.1 Å². The second kappa shape index (κ2) is 10.6. The number of benzene rings is 2. The van der Waals surface area contributed by atoms with Gasteiger partial charge in [-0.1, -0.05) is 31.2 Å². The lowest BCUT2D eigenvalue weighted by Gasteiger charge is -2.14. The van der Waals surface area contributed by atoms with E-state index < -0.39 is 0 Å². The lowest BCUT2D eigenvalue weighted by molar-refractivity contribution is -0.115. The molecule has 0 fully saturated rings. The number of ether oxygens (including phenoxy) is 1. The highest BCUT2D eigenvalue weighted by atomic mass is 32.2. The van der Waals surface area contributed by atoms with Crippen molar-refractivity contribution in [2.45, 2.75) is 32.4 Å².